The molecule has 100 valence electrons. The lowest BCUT2D eigenvalue weighted by Crippen LogP contribution is -2.22. The summed E-state index contributed by atoms with van der Waals surface area (Å²) in [4.78, 5) is 6.49. The first kappa shape index (κ1) is 13.7. The molecule has 1 aromatic carbocycles. The Balaban J connectivity index is 2.27. The molecule has 0 fully saturated rings. The van der Waals surface area contributed by atoms with E-state index in [1.807, 2.05) is 38.2 Å². The van der Waals surface area contributed by atoms with Gasteiger partial charge >= 0.3 is 0 Å². The third-order valence-electron chi connectivity index (χ3n) is 3.41. The maximum absolute atomic E-state index is 6.03. The van der Waals surface area contributed by atoms with Gasteiger partial charge in [0.15, 0.2) is 0 Å². The van der Waals surface area contributed by atoms with Gasteiger partial charge in [0, 0.05) is 12.1 Å². The molecule has 2 rings (SSSR count). The van der Waals surface area contributed by atoms with Crippen molar-refractivity contribution in [3.8, 4) is 0 Å². The number of pyridine rings is 1. The molecule has 1 unspecified atom stereocenters. The van der Waals surface area contributed by atoms with Crippen molar-refractivity contribution in [3.63, 3.8) is 0 Å². The zero-order chi connectivity index (χ0) is 14.0. The third kappa shape index (κ3) is 2.99. The fraction of sp³-hybridized carbons (Fsp3) is 0.267. The molecular weight excluding hydrogens is 258 g/mol. The smallest absolute Gasteiger partial charge is 0.129 e. The first-order valence-electron chi connectivity index (χ1n) is 6.19. The second kappa shape index (κ2) is 5.49. The lowest BCUT2D eigenvalue weighted by Gasteiger charge is -2.27. The predicted molar refractivity (Wildman–Crippen MR) is 81.7 cm³/mol. The highest BCUT2D eigenvalue weighted by Gasteiger charge is 2.14. The van der Waals surface area contributed by atoms with Gasteiger partial charge < -0.3 is 10.6 Å². The van der Waals surface area contributed by atoms with E-state index >= 15 is 0 Å². The van der Waals surface area contributed by atoms with Crippen LogP contribution in [-0.2, 0) is 0 Å². The summed E-state index contributed by atoms with van der Waals surface area (Å²) in [6.07, 6.45) is 1.70. The van der Waals surface area contributed by atoms with Crippen LogP contribution in [0.15, 0.2) is 36.5 Å². The van der Waals surface area contributed by atoms with Gasteiger partial charge in [-0.3, -0.25) is 0 Å². The molecule has 0 radical (unpaired) electrons. The van der Waals surface area contributed by atoms with Gasteiger partial charge in [0.05, 0.1) is 17.9 Å². The monoisotopic (exact) mass is 275 g/mol. The summed E-state index contributed by atoms with van der Waals surface area (Å²) in [5, 5.41) is 0.749. The van der Waals surface area contributed by atoms with Crippen molar-refractivity contribution in [2.24, 2.45) is 0 Å². The van der Waals surface area contributed by atoms with Crippen LogP contribution in [0.3, 0.4) is 0 Å². The summed E-state index contributed by atoms with van der Waals surface area (Å²) in [5.74, 6) is 0.902. The van der Waals surface area contributed by atoms with E-state index in [9.17, 15) is 0 Å². The topological polar surface area (TPSA) is 42.2 Å². The second-order valence-corrected chi connectivity index (χ2v) is 5.18. The predicted octanol–water partition coefficient (Wildman–Crippen LogP) is 3.82. The molecule has 4 heteroatoms. The summed E-state index contributed by atoms with van der Waals surface area (Å²) in [7, 11) is 2.02. The second-order valence-electron chi connectivity index (χ2n) is 4.74. The molecule has 1 heterocycles. The normalized spacial score (nSPS) is 12.2. The first-order chi connectivity index (χ1) is 8.99. The molecule has 3 nitrogen and oxygen atoms in total. The molecule has 0 aliphatic heterocycles. The van der Waals surface area contributed by atoms with Gasteiger partial charge in [-0.15, -0.1) is 0 Å². The third-order valence-corrected chi connectivity index (χ3v) is 3.65. The number of aromatic nitrogens is 1. The van der Waals surface area contributed by atoms with Gasteiger partial charge in [0.25, 0.3) is 0 Å². The highest BCUT2D eigenvalue weighted by molar-refractivity contribution is 6.30. The van der Waals surface area contributed by atoms with Crippen LogP contribution in [0.4, 0.5) is 11.5 Å². The Morgan fingerprint density at radius 3 is 2.68 bits per heavy atom. The average Bonchev–Trinajstić information content (AvgIpc) is 2.40. The number of aryl methyl sites for hydroxylation is 1. The zero-order valence-corrected chi connectivity index (χ0v) is 12.1. The molecule has 0 amide bonds. The Morgan fingerprint density at radius 2 is 2.05 bits per heavy atom. The standard InChI is InChI=1S/C15H18ClN3/c1-10-7-15(18-9-14(10)17)19(3)11(2)12-5-4-6-13(16)8-12/h4-9,11H,17H2,1-3H3. The van der Waals surface area contributed by atoms with Crippen molar-refractivity contribution in [2.45, 2.75) is 19.9 Å². The maximum atomic E-state index is 6.03. The molecule has 0 spiro atoms. The van der Waals surface area contributed by atoms with Crippen molar-refractivity contribution < 1.29 is 0 Å². The number of hydrogen-bond donors (Lipinski definition) is 1. The van der Waals surface area contributed by atoms with Crippen molar-refractivity contribution in [1.82, 2.24) is 4.98 Å². The number of nitrogens with zero attached hydrogens (tertiary/aromatic N) is 2. The van der Waals surface area contributed by atoms with E-state index in [0.717, 1.165) is 22.0 Å². The summed E-state index contributed by atoms with van der Waals surface area (Å²) in [5.41, 5.74) is 8.71. The van der Waals surface area contributed by atoms with Gasteiger partial charge in [0.1, 0.15) is 5.82 Å². The van der Waals surface area contributed by atoms with Crippen LogP contribution in [0.5, 0.6) is 0 Å². The minimum absolute atomic E-state index is 0.189. The highest BCUT2D eigenvalue weighted by Crippen LogP contribution is 2.26. The van der Waals surface area contributed by atoms with E-state index in [-0.39, 0.29) is 6.04 Å². The molecule has 0 aliphatic carbocycles. The molecule has 1 aromatic heterocycles. The van der Waals surface area contributed by atoms with Crippen LogP contribution in [-0.4, -0.2) is 12.0 Å². The molecule has 2 aromatic rings. The number of benzene rings is 1. The van der Waals surface area contributed by atoms with Crippen LogP contribution < -0.4 is 10.6 Å². The molecule has 0 aliphatic rings. The Labute approximate surface area is 119 Å². The van der Waals surface area contributed by atoms with Gasteiger partial charge in [-0.05, 0) is 43.2 Å². The summed E-state index contributed by atoms with van der Waals surface area (Å²) >= 11 is 6.03. The van der Waals surface area contributed by atoms with Crippen molar-refractivity contribution in [2.75, 3.05) is 17.7 Å². The van der Waals surface area contributed by atoms with Crippen molar-refractivity contribution in [1.29, 1.82) is 0 Å². The van der Waals surface area contributed by atoms with Crippen LogP contribution >= 0.6 is 11.6 Å². The number of hydrogen-bond acceptors (Lipinski definition) is 3. The lowest BCUT2D eigenvalue weighted by molar-refractivity contribution is 0.728. The summed E-state index contributed by atoms with van der Waals surface area (Å²) < 4.78 is 0. The van der Waals surface area contributed by atoms with Crippen molar-refractivity contribution >= 4 is 23.1 Å². The fourth-order valence-electron chi connectivity index (χ4n) is 1.93. The lowest BCUT2D eigenvalue weighted by atomic mass is 10.1. The van der Waals surface area contributed by atoms with E-state index in [1.165, 1.54) is 0 Å². The minimum atomic E-state index is 0.189. The largest absolute Gasteiger partial charge is 0.397 e. The van der Waals surface area contributed by atoms with E-state index in [1.54, 1.807) is 6.20 Å². The van der Waals surface area contributed by atoms with Gasteiger partial charge in [-0.2, -0.15) is 0 Å². The van der Waals surface area contributed by atoms with Gasteiger partial charge in [-0.25, -0.2) is 4.98 Å². The Kier molecular flexibility index (Phi) is 3.96. The minimum Gasteiger partial charge on any atom is -0.397 e. The zero-order valence-electron chi connectivity index (χ0n) is 11.4. The molecule has 0 bridgehead atoms. The number of nitrogens with two attached hydrogens (primary N) is 1. The number of halogens is 1. The average molecular weight is 276 g/mol. The molecule has 0 saturated carbocycles. The highest BCUT2D eigenvalue weighted by atomic mass is 35.5. The Morgan fingerprint density at radius 1 is 1.32 bits per heavy atom. The maximum Gasteiger partial charge on any atom is 0.129 e. The molecule has 1 atom stereocenters. The van der Waals surface area contributed by atoms with Crippen LogP contribution in [0.2, 0.25) is 5.02 Å². The summed E-state index contributed by atoms with van der Waals surface area (Å²) in [6, 6.07) is 10.1. The van der Waals surface area contributed by atoms with Crippen molar-refractivity contribution in [3.05, 3.63) is 52.7 Å². The van der Waals surface area contributed by atoms with Crippen LogP contribution in [0.1, 0.15) is 24.1 Å². The molecule has 0 saturated heterocycles. The summed E-state index contributed by atoms with van der Waals surface area (Å²) in [6.45, 7) is 4.11. The Hall–Kier alpha value is -1.74. The number of anilines is 2. The molecular formula is C15H18ClN3. The van der Waals surface area contributed by atoms with E-state index in [0.29, 0.717) is 5.69 Å². The van der Waals surface area contributed by atoms with E-state index in [4.69, 9.17) is 17.3 Å². The SMILES string of the molecule is Cc1cc(N(C)C(C)c2cccc(Cl)c2)ncc1N. The van der Waals surface area contributed by atoms with E-state index < -0.39 is 0 Å². The van der Waals surface area contributed by atoms with Gasteiger partial charge in [-0.1, -0.05) is 23.7 Å². The molecule has 19 heavy (non-hydrogen) atoms. The molecule has 2 N–H and O–H groups in total. The van der Waals surface area contributed by atoms with E-state index in [2.05, 4.69) is 22.9 Å². The quantitative estimate of drug-likeness (QED) is 0.926. The van der Waals surface area contributed by atoms with Crippen LogP contribution in [0, 0.1) is 6.92 Å². The van der Waals surface area contributed by atoms with Gasteiger partial charge in [0.2, 0.25) is 0 Å². The Bertz CT molecular complexity index is 583. The fourth-order valence-corrected chi connectivity index (χ4v) is 2.13. The first-order valence-corrected chi connectivity index (χ1v) is 6.57. The van der Waals surface area contributed by atoms with Crippen LogP contribution in [0.25, 0.3) is 0 Å². The number of rotatable bonds is 3. The number of nitrogen functional groups attached to an aromatic ring is 1.